The summed E-state index contributed by atoms with van der Waals surface area (Å²) in [4.78, 5) is 43.2. The highest BCUT2D eigenvalue weighted by molar-refractivity contribution is 7.99. The lowest BCUT2D eigenvalue weighted by Gasteiger charge is -2.26. The molecular weight excluding hydrogens is 464 g/mol. The van der Waals surface area contributed by atoms with Gasteiger partial charge in [0.25, 0.3) is 5.56 Å². The summed E-state index contributed by atoms with van der Waals surface area (Å²) in [5.41, 5.74) is 5.58. The van der Waals surface area contributed by atoms with Gasteiger partial charge in [-0.2, -0.15) is 0 Å². The summed E-state index contributed by atoms with van der Waals surface area (Å²) in [6.07, 6.45) is 2.84. The normalized spacial score (nSPS) is 17.3. The predicted molar refractivity (Wildman–Crippen MR) is 129 cm³/mol. The number of amides is 2. The largest absolute Gasteiger partial charge is 0.370 e. The van der Waals surface area contributed by atoms with Gasteiger partial charge in [-0.05, 0) is 38.3 Å². The number of rotatable bonds is 11. The Labute approximate surface area is 197 Å². The van der Waals surface area contributed by atoms with Crippen LogP contribution in [0.5, 0.6) is 0 Å². The Kier molecular flexibility index (Phi) is 8.52. The Balaban J connectivity index is 1.75. The number of thioether (sulfide) groups is 1. The zero-order valence-electron chi connectivity index (χ0n) is 18.7. The number of nitrogens with zero attached hydrogens (tertiary/aromatic N) is 3. The molecule has 33 heavy (non-hydrogen) atoms. The number of aromatic nitrogens is 2. The van der Waals surface area contributed by atoms with E-state index >= 15 is 0 Å². The number of unbranched alkanes of at least 4 members (excludes halogenated alkanes) is 2. The standard InChI is InChI=1S/C22H30N4O5S2/c1-2-25(16-11-13-33(30,31)15-16)20(28)14-32-22-24-18-9-6-5-8-17(18)21(29)26(22)12-7-3-4-10-19(23)27/h5-6,8-9,16H,2-4,7,10-15H2,1H3,(H2,23,27). The molecule has 2 N–H and O–H groups in total. The van der Waals surface area contributed by atoms with E-state index in [4.69, 9.17) is 5.73 Å². The number of carbonyl (C=O) groups excluding carboxylic acids is 2. The zero-order chi connectivity index (χ0) is 24.0. The molecule has 1 aliphatic rings. The average Bonchev–Trinajstić information content (AvgIpc) is 3.13. The Morgan fingerprint density at radius 3 is 2.67 bits per heavy atom. The van der Waals surface area contributed by atoms with E-state index in [0.717, 1.165) is 6.42 Å². The van der Waals surface area contributed by atoms with Crippen molar-refractivity contribution >= 4 is 44.3 Å². The first-order valence-corrected chi connectivity index (χ1v) is 13.9. The van der Waals surface area contributed by atoms with Crippen LogP contribution in [0.1, 0.15) is 39.0 Å². The molecule has 1 atom stereocenters. The summed E-state index contributed by atoms with van der Waals surface area (Å²) < 4.78 is 25.3. The maximum Gasteiger partial charge on any atom is 0.262 e. The second kappa shape index (κ2) is 11.1. The topological polar surface area (TPSA) is 132 Å². The van der Waals surface area contributed by atoms with Gasteiger partial charge in [-0.3, -0.25) is 19.0 Å². The number of hydrogen-bond acceptors (Lipinski definition) is 7. The van der Waals surface area contributed by atoms with Gasteiger partial charge in [0, 0.05) is 25.6 Å². The second-order valence-corrected chi connectivity index (χ2v) is 11.3. The lowest BCUT2D eigenvalue weighted by atomic mass is 10.2. The van der Waals surface area contributed by atoms with Crippen molar-refractivity contribution in [2.45, 2.75) is 56.8 Å². The molecule has 1 aromatic carbocycles. The van der Waals surface area contributed by atoms with Crippen LogP contribution in [0.2, 0.25) is 0 Å². The zero-order valence-corrected chi connectivity index (χ0v) is 20.4. The van der Waals surface area contributed by atoms with Crippen LogP contribution in [0.15, 0.2) is 34.2 Å². The van der Waals surface area contributed by atoms with Gasteiger partial charge in [0.15, 0.2) is 15.0 Å². The lowest BCUT2D eigenvalue weighted by molar-refractivity contribution is -0.130. The van der Waals surface area contributed by atoms with Crippen molar-refractivity contribution < 1.29 is 18.0 Å². The van der Waals surface area contributed by atoms with Gasteiger partial charge in [-0.25, -0.2) is 13.4 Å². The number of nitrogens with two attached hydrogens (primary N) is 1. The number of hydrogen-bond donors (Lipinski definition) is 1. The highest BCUT2D eigenvalue weighted by atomic mass is 32.2. The van der Waals surface area contributed by atoms with Crippen molar-refractivity contribution in [3.63, 3.8) is 0 Å². The van der Waals surface area contributed by atoms with Crippen molar-refractivity contribution in [1.82, 2.24) is 14.5 Å². The average molecular weight is 495 g/mol. The highest BCUT2D eigenvalue weighted by Crippen LogP contribution is 2.22. The summed E-state index contributed by atoms with van der Waals surface area (Å²) in [7, 11) is -3.10. The number of sulfone groups is 1. The Morgan fingerprint density at radius 1 is 1.24 bits per heavy atom. The first-order chi connectivity index (χ1) is 15.7. The van der Waals surface area contributed by atoms with Crippen LogP contribution in [0.3, 0.4) is 0 Å². The van der Waals surface area contributed by atoms with Gasteiger partial charge in [-0.15, -0.1) is 0 Å². The first kappa shape index (κ1) is 25.2. The maximum atomic E-state index is 13.1. The van der Waals surface area contributed by atoms with Crippen molar-refractivity contribution in [3.8, 4) is 0 Å². The van der Waals surface area contributed by atoms with Gasteiger partial charge in [-0.1, -0.05) is 30.3 Å². The first-order valence-electron chi connectivity index (χ1n) is 11.1. The molecule has 1 aliphatic heterocycles. The van der Waals surface area contributed by atoms with Crippen LogP contribution in [0.25, 0.3) is 10.9 Å². The van der Waals surface area contributed by atoms with Crippen molar-refractivity contribution in [2.75, 3.05) is 23.8 Å². The molecule has 2 amide bonds. The molecular formula is C22H30N4O5S2. The molecule has 0 radical (unpaired) electrons. The lowest BCUT2D eigenvalue weighted by Crippen LogP contribution is -2.42. The highest BCUT2D eigenvalue weighted by Gasteiger charge is 2.33. The smallest absolute Gasteiger partial charge is 0.262 e. The molecule has 180 valence electrons. The van der Waals surface area contributed by atoms with Gasteiger partial charge in [0.2, 0.25) is 11.8 Å². The van der Waals surface area contributed by atoms with Crippen LogP contribution in [0.4, 0.5) is 0 Å². The van der Waals surface area contributed by atoms with Crippen LogP contribution in [-0.4, -0.2) is 64.5 Å². The molecule has 0 aliphatic carbocycles. The Morgan fingerprint density at radius 2 is 2.00 bits per heavy atom. The van der Waals surface area contributed by atoms with E-state index in [0.29, 0.717) is 54.8 Å². The number of para-hydroxylation sites is 1. The molecule has 1 aromatic heterocycles. The maximum absolute atomic E-state index is 13.1. The SMILES string of the molecule is CCN(C(=O)CSc1nc2ccccc2c(=O)n1CCCCCC(N)=O)C1CCS(=O)(=O)C1. The van der Waals surface area contributed by atoms with E-state index in [1.54, 1.807) is 27.7 Å². The van der Waals surface area contributed by atoms with Crippen molar-refractivity contribution in [1.29, 1.82) is 0 Å². The van der Waals surface area contributed by atoms with Crippen molar-refractivity contribution in [3.05, 3.63) is 34.6 Å². The van der Waals surface area contributed by atoms with E-state index in [9.17, 15) is 22.8 Å². The third-order valence-electron chi connectivity index (χ3n) is 5.77. The van der Waals surface area contributed by atoms with Gasteiger partial charge in [0.05, 0.1) is 28.2 Å². The number of fused-ring (bicyclic) bond motifs is 1. The number of primary amides is 1. The van der Waals surface area contributed by atoms with Crippen LogP contribution >= 0.6 is 11.8 Å². The molecule has 1 fully saturated rings. The Hall–Kier alpha value is -2.40. The van der Waals surface area contributed by atoms with Crippen LogP contribution in [-0.2, 0) is 26.0 Å². The molecule has 2 heterocycles. The minimum absolute atomic E-state index is 0.00147. The molecule has 2 aromatic rings. The summed E-state index contributed by atoms with van der Waals surface area (Å²) >= 11 is 1.19. The fourth-order valence-corrected chi connectivity index (χ4v) is 6.71. The Bertz CT molecular complexity index is 1180. The quantitative estimate of drug-likeness (QED) is 0.285. The number of carbonyl (C=O) groups is 2. The molecule has 1 unspecified atom stereocenters. The molecule has 0 saturated carbocycles. The molecule has 3 rings (SSSR count). The van der Waals surface area contributed by atoms with E-state index in [2.05, 4.69) is 4.98 Å². The molecule has 1 saturated heterocycles. The minimum atomic E-state index is -3.10. The van der Waals surface area contributed by atoms with Gasteiger partial charge in [0.1, 0.15) is 0 Å². The summed E-state index contributed by atoms with van der Waals surface area (Å²) in [5.74, 6) is -0.334. The molecule has 11 heteroatoms. The van der Waals surface area contributed by atoms with E-state index in [1.165, 1.54) is 11.8 Å². The third kappa shape index (κ3) is 6.57. The third-order valence-corrected chi connectivity index (χ3v) is 8.48. The monoisotopic (exact) mass is 494 g/mol. The molecule has 0 spiro atoms. The van der Waals surface area contributed by atoms with Gasteiger partial charge < -0.3 is 10.6 Å². The number of benzene rings is 1. The fourth-order valence-electron chi connectivity index (χ4n) is 4.07. The van der Waals surface area contributed by atoms with Crippen molar-refractivity contribution in [2.24, 2.45) is 5.73 Å². The second-order valence-electron chi connectivity index (χ2n) is 8.17. The van der Waals surface area contributed by atoms with Gasteiger partial charge >= 0.3 is 0 Å². The molecule has 0 bridgehead atoms. The molecule has 9 nitrogen and oxygen atoms in total. The van der Waals surface area contributed by atoms with Crippen LogP contribution in [0, 0.1) is 0 Å². The van der Waals surface area contributed by atoms with Crippen LogP contribution < -0.4 is 11.3 Å². The predicted octanol–water partition coefficient (Wildman–Crippen LogP) is 1.57. The minimum Gasteiger partial charge on any atom is -0.370 e. The van der Waals surface area contributed by atoms with E-state index in [-0.39, 0.29) is 40.7 Å². The van der Waals surface area contributed by atoms with E-state index < -0.39 is 9.84 Å². The van der Waals surface area contributed by atoms with E-state index in [1.807, 2.05) is 13.0 Å². The fraction of sp³-hybridized carbons (Fsp3) is 0.545. The summed E-state index contributed by atoms with van der Waals surface area (Å²) in [6.45, 7) is 2.69. The summed E-state index contributed by atoms with van der Waals surface area (Å²) in [5, 5.41) is 0.966. The summed E-state index contributed by atoms with van der Waals surface area (Å²) in [6, 6.07) is 6.79.